The Bertz CT molecular complexity index is 1100. The third-order valence-corrected chi connectivity index (χ3v) is 3.83. The van der Waals surface area contributed by atoms with Crippen molar-refractivity contribution in [1.29, 1.82) is 0 Å². The number of nitrogens with zero attached hydrogens (tertiary/aromatic N) is 1. The lowest BCUT2D eigenvalue weighted by atomic mass is 9.85. The molecule has 0 atom stereocenters. The zero-order valence-corrected chi connectivity index (χ0v) is 12.0. The van der Waals surface area contributed by atoms with Crippen molar-refractivity contribution in [1.82, 2.24) is 24.9 Å². The van der Waals surface area contributed by atoms with E-state index in [2.05, 4.69) is 30.2 Å². The van der Waals surface area contributed by atoms with Crippen LogP contribution < -0.4 is 27.8 Å². The molecule has 0 bridgehead atoms. The molecule has 3 aromatic rings. The molecular formula is C14H10N6O4. The molecule has 0 aliphatic carbocycles. The van der Waals surface area contributed by atoms with Gasteiger partial charge in [-0.05, 0) is 17.7 Å². The molecule has 0 radical (unpaired) electrons. The van der Waals surface area contributed by atoms with E-state index in [1.807, 2.05) is 0 Å². The second-order valence-corrected chi connectivity index (χ2v) is 5.23. The van der Waals surface area contributed by atoms with Gasteiger partial charge in [0, 0.05) is 12.4 Å². The Morgan fingerprint density at radius 3 is 1.75 bits per heavy atom. The zero-order valence-electron chi connectivity index (χ0n) is 12.0. The Morgan fingerprint density at radius 2 is 1.25 bits per heavy atom. The van der Waals surface area contributed by atoms with Crippen LogP contribution in [0.3, 0.4) is 0 Å². The van der Waals surface area contributed by atoms with Gasteiger partial charge in [-0.3, -0.25) is 34.5 Å². The predicted molar refractivity (Wildman–Crippen MR) is 83.8 cm³/mol. The largest absolute Gasteiger partial charge is 0.327 e. The van der Waals surface area contributed by atoms with E-state index < -0.39 is 28.4 Å². The minimum atomic E-state index is -0.777. The van der Waals surface area contributed by atoms with Crippen LogP contribution in [0.5, 0.6) is 0 Å². The molecule has 3 aromatic heterocycles. The second-order valence-electron chi connectivity index (χ2n) is 5.23. The van der Waals surface area contributed by atoms with Gasteiger partial charge in [-0.25, -0.2) is 9.59 Å². The third kappa shape index (κ3) is 2.00. The standard InChI is InChI=1S/C14H10N6O4/c21-11-7-6(5-1-3-15-4-2-5)8-10(18-14(24)20-12(8)22)16-9(7)17-13(23)19-11/h1-4,6H,(H5,16,17,18,19,20,21,22,23,24). The van der Waals surface area contributed by atoms with E-state index >= 15 is 0 Å². The van der Waals surface area contributed by atoms with E-state index in [1.54, 1.807) is 12.1 Å². The van der Waals surface area contributed by atoms with E-state index in [0.29, 0.717) is 5.56 Å². The molecule has 0 saturated carbocycles. The fourth-order valence-electron chi connectivity index (χ4n) is 2.90. The molecule has 120 valence electrons. The van der Waals surface area contributed by atoms with E-state index in [4.69, 9.17) is 0 Å². The monoisotopic (exact) mass is 326 g/mol. The molecule has 24 heavy (non-hydrogen) atoms. The smallest absolute Gasteiger partial charge is 0.327 e. The average Bonchev–Trinajstić information content (AvgIpc) is 2.53. The molecule has 1 aliphatic heterocycles. The quantitative estimate of drug-likeness (QED) is 0.304. The molecule has 5 N–H and O–H groups in total. The topological polar surface area (TPSA) is 156 Å². The van der Waals surface area contributed by atoms with Crippen LogP contribution >= 0.6 is 0 Å². The fourth-order valence-corrected chi connectivity index (χ4v) is 2.90. The van der Waals surface area contributed by atoms with Crippen molar-refractivity contribution in [3.63, 3.8) is 0 Å². The van der Waals surface area contributed by atoms with E-state index in [9.17, 15) is 19.2 Å². The second kappa shape index (κ2) is 4.91. The number of rotatable bonds is 1. The highest BCUT2D eigenvalue weighted by molar-refractivity contribution is 5.69. The molecule has 4 rings (SSSR count). The number of nitrogens with one attached hydrogen (secondary N) is 5. The lowest BCUT2D eigenvalue weighted by Crippen LogP contribution is -2.37. The van der Waals surface area contributed by atoms with E-state index in [1.165, 1.54) is 12.4 Å². The lowest BCUT2D eigenvalue weighted by molar-refractivity contribution is 0.843. The molecule has 0 spiro atoms. The van der Waals surface area contributed by atoms with Crippen molar-refractivity contribution in [2.24, 2.45) is 0 Å². The van der Waals surface area contributed by atoms with Crippen molar-refractivity contribution in [2.45, 2.75) is 5.92 Å². The van der Waals surface area contributed by atoms with E-state index in [0.717, 1.165) is 0 Å². The van der Waals surface area contributed by atoms with E-state index in [-0.39, 0.29) is 22.8 Å². The van der Waals surface area contributed by atoms with Crippen LogP contribution in [0.4, 0.5) is 11.6 Å². The summed E-state index contributed by atoms with van der Waals surface area (Å²) in [7, 11) is 0. The van der Waals surface area contributed by atoms with Crippen LogP contribution in [0.25, 0.3) is 0 Å². The van der Waals surface area contributed by atoms with Gasteiger partial charge >= 0.3 is 11.4 Å². The molecule has 0 fully saturated rings. The Labute approximate surface area is 131 Å². The van der Waals surface area contributed by atoms with Crippen LogP contribution in [-0.2, 0) is 0 Å². The number of aromatic nitrogens is 5. The first-order valence-electron chi connectivity index (χ1n) is 6.94. The molecule has 0 saturated heterocycles. The summed E-state index contributed by atoms with van der Waals surface area (Å²) in [6.45, 7) is 0. The fraction of sp³-hybridized carbons (Fsp3) is 0.0714. The highest BCUT2D eigenvalue weighted by atomic mass is 16.2. The Kier molecular flexibility index (Phi) is 2.85. The molecule has 1 aliphatic rings. The summed E-state index contributed by atoms with van der Waals surface area (Å²) in [5.41, 5.74) is -1.69. The van der Waals surface area contributed by atoms with Crippen molar-refractivity contribution in [2.75, 3.05) is 5.32 Å². The Morgan fingerprint density at radius 1 is 0.750 bits per heavy atom. The molecule has 0 amide bonds. The maximum Gasteiger partial charge on any atom is 0.327 e. The lowest BCUT2D eigenvalue weighted by Gasteiger charge is -2.26. The average molecular weight is 326 g/mol. The minimum absolute atomic E-state index is 0.124. The van der Waals surface area contributed by atoms with Crippen molar-refractivity contribution < 1.29 is 0 Å². The summed E-state index contributed by atoms with van der Waals surface area (Å²) in [6, 6.07) is 3.30. The molecular weight excluding hydrogens is 316 g/mol. The number of anilines is 2. The van der Waals surface area contributed by atoms with Crippen LogP contribution in [0, 0.1) is 0 Å². The molecule has 0 aromatic carbocycles. The van der Waals surface area contributed by atoms with Crippen LogP contribution in [0.15, 0.2) is 43.7 Å². The number of hydrogen-bond donors (Lipinski definition) is 5. The predicted octanol–water partition coefficient (Wildman–Crippen LogP) is -0.928. The van der Waals surface area contributed by atoms with Gasteiger partial charge in [0.25, 0.3) is 11.1 Å². The van der Waals surface area contributed by atoms with Crippen molar-refractivity contribution >= 4 is 11.6 Å². The summed E-state index contributed by atoms with van der Waals surface area (Å²) in [6.07, 6.45) is 3.05. The first-order valence-corrected chi connectivity index (χ1v) is 6.94. The maximum atomic E-state index is 12.3. The highest BCUT2D eigenvalue weighted by Crippen LogP contribution is 2.38. The van der Waals surface area contributed by atoms with Gasteiger partial charge in [0.05, 0.1) is 17.0 Å². The van der Waals surface area contributed by atoms with Gasteiger partial charge in [0.1, 0.15) is 11.6 Å². The maximum absolute atomic E-state index is 12.3. The number of hydrogen-bond acceptors (Lipinski definition) is 6. The summed E-state index contributed by atoms with van der Waals surface area (Å²) in [4.78, 5) is 61.0. The Hall–Kier alpha value is -3.69. The number of aromatic amines is 4. The van der Waals surface area contributed by atoms with Gasteiger partial charge in [0.15, 0.2) is 0 Å². The first-order chi connectivity index (χ1) is 11.5. The Balaban J connectivity index is 2.13. The number of H-pyrrole nitrogens is 4. The molecule has 0 unspecified atom stereocenters. The first kappa shape index (κ1) is 13.9. The van der Waals surface area contributed by atoms with Gasteiger partial charge in [-0.2, -0.15) is 0 Å². The summed E-state index contributed by atoms with van der Waals surface area (Å²) >= 11 is 0. The zero-order chi connectivity index (χ0) is 16.8. The highest BCUT2D eigenvalue weighted by Gasteiger charge is 2.33. The normalized spacial score (nSPS) is 13.0. The molecule has 10 heteroatoms. The number of pyridine rings is 1. The molecule has 4 heterocycles. The van der Waals surface area contributed by atoms with Crippen molar-refractivity contribution in [3.8, 4) is 0 Å². The van der Waals surface area contributed by atoms with Gasteiger partial charge in [-0.15, -0.1) is 0 Å². The molecule has 10 nitrogen and oxygen atoms in total. The number of fused-ring (bicyclic) bond motifs is 2. The third-order valence-electron chi connectivity index (χ3n) is 3.83. The summed E-state index contributed by atoms with van der Waals surface area (Å²) in [5.74, 6) is -0.529. The summed E-state index contributed by atoms with van der Waals surface area (Å²) < 4.78 is 0. The van der Waals surface area contributed by atoms with Gasteiger partial charge < -0.3 is 5.32 Å². The minimum Gasteiger partial charge on any atom is -0.327 e. The van der Waals surface area contributed by atoms with Gasteiger partial charge in [0.2, 0.25) is 0 Å². The van der Waals surface area contributed by atoms with Crippen LogP contribution in [0.1, 0.15) is 22.6 Å². The SMILES string of the molecule is O=c1[nH]c2c(c(=O)[nH]1)C(c1ccncc1)c1c([nH]c(=O)[nH]c1=O)N2. The van der Waals surface area contributed by atoms with Gasteiger partial charge in [-0.1, -0.05) is 0 Å². The van der Waals surface area contributed by atoms with Crippen LogP contribution in [0.2, 0.25) is 0 Å². The summed E-state index contributed by atoms with van der Waals surface area (Å²) in [5, 5.41) is 2.74. The van der Waals surface area contributed by atoms with Crippen LogP contribution in [-0.4, -0.2) is 24.9 Å². The van der Waals surface area contributed by atoms with Crippen molar-refractivity contribution in [3.05, 3.63) is 82.9 Å².